The van der Waals surface area contributed by atoms with Gasteiger partial charge < -0.3 is 0 Å². The molecule has 0 aliphatic heterocycles. The summed E-state index contributed by atoms with van der Waals surface area (Å²) in [6, 6.07) is 0. The fraction of sp³-hybridized carbons (Fsp3) is 0.833. The van der Waals surface area contributed by atoms with E-state index in [1.54, 1.807) is 0 Å². The SMILES string of the molecule is [CH2]CCCCC.[S]=[Sn]. The van der Waals surface area contributed by atoms with E-state index in [1.165, 1.54) is 19.3 Å². The molecule has 0 N–H and O–H groups in total. The van der Waals surface area contributed by atoms with E-state index in [2.05, 4.69) is 23.1 Å². The number of hydrogen-bond acceptors (Lipinski definition) is 1. The molecule has 0 aromatic heterocycles. The summed E-state index contributed by atoms with van der Waals surface area (Å²) in [5.74, 6) is 0. The number of rotatable bonds is 3. The first-order valence-electron chi connectivity index (χ1n) is 2.91. The van der Waals surface area contributed by atoms with Crippen LogP contribution in [0.3, 0.4) is 0 Å². The molecule has 47 valence electrons. The van der Waals surface area contributed by atoms with Gasteiger partial charge in [0.15, 0.2) is 0 Å². The van der Waals surface area contributed by atoms with E-state index >= 15 is 0 Å². The summed E-state index contributed by atoms with van der Waals surface area (Å²) in [7, 11) is 4.17. The molecule has 0 heterocycles. The Bertz CT molecular complexity index is 27.7. The van der Waals surface area contributed by atoms with Crippen molar-refractivity contribution < 1.29 is 0 Å². The van der Waals surface area contributed by atoms with E-state index in [0.29, 0.717) is 0 Å². The Morgan fingerprint density at radius 3 is 2.00 bits per heavy atom. The van der Waals surface area contributed by atoms with Crippen LogP contribution in [0.2, 0.25) is 0 Å². The summed E-state index contributed by atoms with van der Waals surface area (Å²) in [6.45, 7) is 5.93. The number of unbranched alkanes of at least 4 members (excludes halogenated alkanes) is 3. The second-order valence-electron chi connectivity index (χ2n) is 1.56. The minimum absolute atomic E-state index is 1.10. The maximum atomic E-state index is 4.17. The van der Waals surface area contributed by atoms with Crippen LogP contribution in [0, 0.1) is 6.92 Å². The summed E-state index contributed by atoms with van der Waals surface area (Å²) in [5, 5.41) is 0. The average Bonchev–Trinajstić information content (AvgIpc) is 1.88. The molecule has 0 aromatic rings. The topological polar surface area (TPSA) is 0 Å². The molecule has 0 spiro atoms. The van der Waals surface area contributed by atoms with Crippen molar-refractivity contribution in [2.75, 3.05) is 0 Å². The van der Waals surface area contributed by atoms with Crippen molar-refractivity contribution in [2.24, 2.45) is 0 Å². The van der Waals surface area contributed by atoms with Crippen LogP contribution < -0.4 is 0 Å². The van der Waals surface area contributed by atoms with Gasteiger partial charge in [0.05, 0.1) is 0 Å². The van der Waals surface area contributed by atoms with E-state index in [0.717, 1.165) is 27.0 Å². The predicted molar refractivity (Wildman–Crippen MR) is 42.8 cm³/mol. The van der Waals surface area contributed by atoms with Crippen molar-refractivity contribution in [2.45, 2.75) is 32.6 Å². The molecule has 0 aromatic carbocycles. The maximum absolute atomic E-state index is 4.17. The van der Waals surface area contributed by atoms with E-state index in [-0.39, 0.29) is 0 Å². The second kappa shape index (κ2) is 15.7. The Kier molecular flexibility index (Phi) is 23.1. The average molecular weight is 236 g/mol. The Balaban J connectivity index is 0. The summed E-state index contributed by atoms with van der Waals surface area (Å²) < 4.78 is 0. The first kappa shape index (κ1) is 11.8. The van der Waals surface area contributed by atoms with Gasteiger partial charge in [0.2, 0.25) is 0 Å². The summed E-state index contributed by atoms with van der Waals surface area (Å²) in [4.78, 5) is 0. The molecule has 3 radical (unpaired) electrons. The van der Waals surface area contributed by atoms with Gasteiger partial charge in [0.25, 0.3) is 0 Å². The van der Waals surface area contributed by atoms with E-state index in [9.17, 15) is 0 Å². The van der Waals surface area contributed by atoms with Crippen LogP contribution >= 0.6 is 9.29 Å². The quantitative estimate of drug-likeness (QED) is 0.536. The Morgan fingerprint density at radius 2 is 1.88 bits per heavy atom. The minimum atomic E-state index is 1.10. The third kappa shape index (κ3) is 15.7. The Labute approximate surface area is 69.3 Å². The summed E-state index contributed by atoms with van der Waals surface area (Å²) in [5.41, 5.74) is 0. The van der Waals surface area contributed by atoms with Crippen LogP contribution in [0.4, 0.5) is 0 Å². The standard InChI is InChI=1S/C6H13.S.Sn/c1-3-5-6-4-2;;/h1,3-6H2,2H3;;. The van der Waals surface area contributed by atoms with Gasteiger partial charge in [0.1, 0.15) is 0 Å². The zero-order chi connectivity index (χ0) is 6.83. The zero-order valence-corrected chi connectivity index (χ0v) is 9.11. The first-order chi connectivity index (χ1) is 3.91. The molecule has 0 rings (SSSR count). The van der Waals surface area contributed by atoms with Crippen molar-refractivity contribution in [1.82, 2.24) is 0 Å². The van der Waals surface area contributed by atoms with Gasteiger partial charge in [0, 0.05) is 0 Å². The van der Waals surface area contributed by atoms with Crippen LogP contribution in [0.15, 0.2) is 0 Å². The van der Waals surface area contributed by atoms with Crippen molar-refractivity contribution in [3.05, 3.63) is 6.92 Å². The molecular weight excluding hydrogens is 223 g/mol. The molecule has 0 fully saturated rings. The van der Waals surface area contributed by atoms with E-state index in [4.69, 9.17) is 0 Å². The molecule has 0 amide bonds. The second-order valence-corrected chi connectivity index (χ2v) is 1.56. The fourth-order valence-electron chi connectivity index (χ4n) is 0.427. The molecule has 0 saturated carbocycles. The normalized spacial score (nSPS) is 7.25. The number of hydrogen-bond donors (Lipinski definition) is 0. The molecule has 0 aliphatic carbocycles. The van der Waals surface area contributed by atoms with Gasteiger partial charge in [-0.3, -0.25) is 0 Å². The third-order valence-corrected chi connectivity index (χ3v) is 0.854. The van der Waals surface area contributed by atoms with Crippen LogP contribution in [0.1, 0.15) is 32.6 Å². The van der Waals surface area contributed by atoms with Crippen LogP contribution in [-0.2, 0) is 0 Å². The monoisotopic (exact) mass is 237 g/mol. The van der Waals surface area contributed by atoms with Crippen LogP contribution in [0.5, 0.6) is 0 Å². The van der Waals surface area contributed by atoms with Crippen molar-refractivity contribution >= 4 is 29.9 Å². The van der Waals surface area contributed by atoms with Gasteiger partial charge in [-0.2, -0.15) is 0 Å². The van der Waals surface area contributed by atoms with Gasteiger partial charge in [-0.15, -0.1) is 0 Å². The van der Waals surface area contributed by atoms with Gasteiger partial charge >= 0.3 is 29.9 Å². The van der Waals surface area contributed by atoms with Crippen molar-refractivity contribution in [3.63, 3.8) is 0 Å². The molecule has 0 bridgehead atoms. The predicted octanol–water partition coefficient (Wildman–Crippen LogP) is 2.67. The Morgan fingerprint density at radius 1 is 1.38 bits per heavy atom. The molecular formula is C6H13SSn. The first-order valence-corrected chi connectivity index (χ1v) is 6.82. The Hall–Kier alpha value is 1.02. The van der Waals surface area contributed by atoms with Crippen molar-refractivity contribution in [3.8, 4) is 0 Å². The van der Waals surface area contributed by atoms with Gasteiger partial charge in [-0.25, -0.2) is 0 Å². The molecule has 0 aliphatic rings. The zero-order valence-electron chi connectivity index (χ0n) is 5.44. The summed E-state index contributed by atoms with van der Waals surface area (Å²) in [6.07, 6.45) is 5.07. The van der Waals surface area contributed by atoms with Gasteiger partial charge in [-0.1, -0.05) is 39.5 Å². The molecule has 0 saturated heterocycles. The van der Waals surface area contributed by atoms with Crippen LogP contribution in [0.25, 0.3) is 0 Å². The van der Waals surface area contributed by atoms with E-state index < -0.39 is 0 Å². The molecule has 0 nitrogen and oxygen atoms in total. The third-order valence-electron chi connectivity index (χ3n) is 0.854. The fourth-order valence-corrected chi connectivity index (χ4v) is 0.427. The molecule has 0 unspecified atom stereocenters. The van der Waals surface area contributed by atoms with Crippen LogP contribution in [-0.4, -0.2) is 20.6 Å². The summed E-state index contributed by atoms with van der Waals surface area (Å²) >= 11 is 1.13. The molecule has 2 heteroatoms. The molecule has 8 heavy (non-hydrogen) atoms. The van der Waals surface area contributed by atoms with Crippen molar-refractivity contribution in [1.29, 1.82) is 0 Å². The van der Waals surface area contributed by atoms with E-state index in [1.807, 2.05) is 0 Å². The van der Waals surface area contributed by atoms with Gasteiger partial charge in [-0.05, 0) is 0 Å². The molecule has 0 atom stereocenters.